The van der Waals surface area contributed by atoms with Gasteiger partial charge in [0, 0.05) is 22.5 Å². The van der Waals surface area contributed by atoms with Gasteiger partial charge in [-0.3, -0.25) is 19.2 Å². The lowest BCUT2D eigenvalue weighted by Crippen LogP contribution is -2.29. The Kier molecular flexibility index (Phi) is 8.09. The molecule has 5 rings (SSSR count). The lowest BCUT2D eigenvalue weighted by molar-refractivity contribution is 0.0923. The quantitative estimate of drug-likeness (QED) is 0.151. The van der Waals surface area contributed by atoms with Crippen LogP contribution in [0.15, 0.2) is 91.0 Å². The molecule has 45 heavy (non-hydrogen) atoms. The number of nitrogens with zero attached hydrogens (tertiary/aromatic N) is 1. The fraction of sp³-hybridized carbons (Fsp3) is 0. The second-order valence-corrected chi connectivity index (χ2v) is 11.2. The van der Waals surface area contributed by atoms with Crippen molar-refractivity contribution < 1.29 is 53.5 Å². The van der Waals surface area contributed by atoms with Crippen LogP contribution in [0.25, 0.3) is 0 Å². The lowest BCUT2D eigenvalue weighted by atomic mass is 10.1. The van der Waals surface area contributed by atoms with Gasteiger partial charge in [-0.15, -0.1) is 0 Å². The summed E-state index contributed by atoms with van der Waals surface area (Å²) in [7, 11) is -9.94. The topological polar surface area (TPSA) is 228 Å². The molecule has 230 valence electrons. The predicted octanol–water partition coefficient (Wildman–Crippen LogP) is 2.67. The van der Waals surface area contributed by atoms with Crippen LogP contribution >= 0.6 is 0 Å². The van der Waals surface area contributed by atoms with Crippen LogP contribution in [-0.2, 0) is 20.8 Å². The Bertz CT molecular complexity index is 2080. The average Bonchev–Trinajstić information content (AvgIpc) is 3.22. The number of benzene rings is 4. The highest BCUT2D eigenvalue weighted by atomic mass is 32.3. The Morgan fingerprint density at radius 1 is 0.600 bits per heavy atom. The standard InChI is InChI=1S/C28H19N3O12S2/c32-25(29-18-5-9-21(10-6-18)42-44(36,37)38)16-2-1-3-20(14-16)31-27(34)23-13-4-17(15-24(23)28(31)35)26(33)30-19-7-11-22(12-8-19)43-45(39,40)41/h1-15H,(H,29,32)(H,30,33)(H,36,37,38)(H,39,40,41)/p-2. The van der Waals surface area contributed by atoms with Crippen molar-refractivity contribution in [1.29, 1.82) is 0 Å². The van der Waals surface area contributed by atoms with Crippen molar-refractivity contribution in [3.8, 4) is 11.5 Å². The van der Waals surface area contributed by atoms with E-state index in [0.717, 1.165) is 29.2 Å². The number of carbonyl (C=O) groups excluding carboxylic acids is 4. The van der Waals surface area contributed by atoms with Crippen LogP contribution in [0.1, 0.15) is 41.4 Å². The lowest BCUT2D eigenvalue weighted by Gasteiger charge is -2.15. The van der Waals surface area contributed by atoms with Crippen LogP contribution in [0, 0.1) is 0 Å². The number of amides is 4. The fourth-order valence-corrected chi connectivity index (χ4v) is 4.93. The largest absolute Gasteiger partial charge is 0.716 e. The van der Waals surface area contributed by atoms with Crippen molar-refractivity contribution in [2.24, 2.45) is 0 Å². The van der Waals surface area contributed by atoms with Gasteiger partial charge in [-0.25, -0.2) is 21.7 Å². The second-order valence-electron chi connectivity index (χ2n) is 9.20. The van der Waals surface area contributed by atoms with Gasteiger partial charge in [0.2, 0.25) is 0 Å². The zero-order valence-electron chi connectivity index (χ0n) is 22.3. The molecule has 0 fully saturated rings. The van der Waals surface area contributed by atoms with Gasteiger partial charge in [-0.1, -0.05) is 6.07 Å². The number of carbonyl (C=O) groups is 4. The monoisotopic (exact) mass is 651 g/mol. The van der Waals surface area contributed by atoms with Crippen LogP contribution in [0.3, 0.4) is 0 Å². The average molecular weight is 652 g/mol. The van der Waals surface area contributed by atoms with Crippen molar-refractivity contribution in [3.05, 3.63) is 113 Å². The molecule has 0 saturated carbocycles. The van der Waals surface area contributed by atoms with Crippen LogP contribution < -0.4 is 23.9 Å². The third-order valence-electron chi connectivity index (χ3n) is 6.14. The minimum Gasteiger partial charge on any atom is -0.716 e. The molecule has 1 aliphatic heterocycles. The van der Waals surface area contributed by atoms with Crippen LogP contribution in [-0.4, -0.2) is 49.6 Å². The van der Waals surface area contributed by atoms with Gasteiger partial charge in [0.25, 0.3) is 44.4 Å². The third kappa shape index (κ3) is 7.31. The molecule has 0 radical (unpaired) electrons. The number of imide groups is 1. The summed E-state index contributed by atoms with van der Waals surface area (Å²) in [6.07, 6.45) is 0. The summed E-state index contributed by atoms with van der Waals surface area (Å²) in [4.78, 5) is 53.0. The fourth-order valence-electron chi connectivity index (χ4n) is 4.23. The van der Waals surface area contributed by atoms with Crippen molar-refractivity contribution in [1.82, 2.24) is 0 Å². The number of hydrogen-bond donors (Lipinski definition) is 2. The molecule has 0 atom stereocenters. The molecule has 0 unspecified atom stereocenters. The number of hydrogen-bond acceptors (Lipinski definition) is 12. The Morgan fingerprint density at radius 3 is 1.56 bits per heavy atom. The molecule has 0 aromatic heterocycles. The van der Waals surface area contributed by atoms with E-state index < -0.39 is 44.4 Å². The first-order valence-corrected chi connectivity index (χ1v) is 15.1. The summed E-state index contributed by atoms with van der Waals surface area (Å²) in [6, 6.07) is 19.3. The molecule has 4 amide bonds. The number of fused-ring (bicyclic) bond motifs is 1. The SMILES string of the molecule is O=C(Nc1ccc(OS(=O)(=O)[O-])cc1)c1cccc(N2C(=O)c3ccc(C(=O)Nc4ccc(OS(=O)(=O)[O-])cc4)cc3C2=O)c1. The Morgan fingerprint density at radius 2 is 1.07 bits per heavy atom. The van der Waals surface area contributed by atoms with E-state index in [4.69, 9.17) is 0 Å². The molecule has 0 bridgehead atoms. The van der Waals surface area contributed by atoms with E-state index in [2.05, 4.69) is 19.0 Å². The van der Waals surface area contributed by atoms with Crippen molar-refractivity contribution in [3.63, 3.8) is 0 Å². The minimum absolute atomic E-state index is 0.0223. The molecule has 0 aliphatic carbocycles. The summed E-state index contributed by atoms with van der Waals surface area (Å²) >= 11 is 0. The molecule has 4 aromatic rings. The normalized spacial score (nSPS) is 12.8. The first-order valence-electron chi connectivity index (χ1n) is 12.4. The maximum Gasteiger partial charge on any atom is 0.266 e. The molecule has 15 nitrogen and oxygen atoms in total. The smallest absolute Gasteiger partial charge is 0.266 e. The molecule has 1 heterocycles. The van der Waals surface area contributed by atoms with Gasteiger partial charge >= 0.3 is 0 Å². The molecule has 4 aromatic carbocycles. The Hall–Kier alpha value is -5.62. The van der Waals surface area contributed by atoms with Crippen molar-refractivity contribution in [2.75, 3.05) is 15.5 Å². The van der Waals surface area contributed by atoms with Gasteiger partial charge in [0.1, 0.15) is 11.5 Å². The van der Waals surface area contributed by atoms with E-state index in [1.54, 1.807) is 0 Å². The summed E-state index contributed by atoms with van der Waals surface area (Å²) in [5, 5.41) is 5.09. The maximum atomic E-state index is 13.3. The Balaban J connectivity index is 1.29. The van der Waals surface area contributed by atoms with Gasteiger partial charge in [-0.2, -0.15) is 0 Å². The van der Waals surface area contributed by atoms with E-state index >= 15 is 0 Å². The summed E-state index contributed by atoms with van der Waals surface area (Å²) in [5.74, 6) is -3.23. The van der Waals surface area contributed by atoms with Gasteiger partial charge in [0.15, 0.2) is 0 Å². The second kappa shape index (κ2) is 11.8. The molecule has 0 saturated heterocycles. The van der Waals surface area contributed by atoms with E-state index in [1.165, 1.54) is 66.7 Å². The van der Waals surface area contributed by atoms with E-state index in [9.17, 15) is 45.1 Å². The van der Waals surface area contributed by atoms with Crippen molar-refractivity contribution in [2.45, 2.75) is 0 Å². The van der Waals surface area contributed by atoms with E-state index in [1.807, 2.05) is 0 Å². The summed E-state index contributed by atoms with van der Waals surface area (Å²) in [5.41, 5.74) is 0.574. The zero-order chi connectivity index (χ0) is 32.5. The molecule has 0 spiro atoms. The highest BCUT2D eigenvalue weighted by molar-refractivity contribution is 7.81. The number of rotatable bonds is 9. The van der Waals surface area contributed by atoms with Crippen LogP contribution in [0.5, 0.6) is 11.5 Å². The van der Waals surface area contributed by atoms with Crippen LogP contribution in [0.4, 0.5) is 17.1 Å². The maximum absolute atomic E-state index is 13.3. The first-order chi connectivity index (χ1) is 21.2. The van der Waals surface area contributed by atoms with E-state index in [0.29, 0.717) is 0 Å². The number of nitrogens with one attached hydrogen (secondary N) is 2. The highest BCUT2D eigenvalue weighted by Crippen LogP contribution is 2.30. The molecular formula is C28H17N3O12S2-2. The number of anilines is 3. The minimum atomic E-state index is -4.97. The van der Waals surface area contributed by atoms with Crippen LogP contribution in [0.2, 0.25) is 0 Å². The molecule has 2 N–H and O–H groups in total. The van der Waals surface area contributed by atoms with Gasteiger partial charge < -0.3 is 28.1 Å². The molecule has 1 aliphatic rings. The van der Waals surface area contributed by atoms with Gasteiger partial charge in [-0.05, 0) is 84.9 Å². The van der Waals surface area contributed by atoms with Crippen molar-refractivity contribution >= 4 is 61.5 Å². The molecule has 17 heteroatoms. The predicted molar refractivity (Wildman–Crippen MR) is 153 cm³/mol. The summed E-state index contributed by atoms with van der Waals surface area (Å²) < 4.78 is 72.7. The Labute approximate surface area is 254 Å². The third-order valence-corrected chi connectivity index (χ3v) is 6.93. The molecular weight excluding hydrogens is 634 g/mol. The zero-order valence-corrected chi connectivity index (χ0v) is 24.0. The first kappa shape index (κ1) is 30.8. The highest BCUT2D eigenvalue weighted by Gasteiger charge is 2.37. The van der Waals surface area contributed by atoms with Gasteiger partial charge in [0.05, 0.1) is 16.8 Å². The van der Waals surface area contributed by atoms with E-state index in [-0.39, 0.29) is 50.8 Å². The summed E-state index contributed by atoms with van der Waals surface area (Å²) in [6.45, 7) is 0.